The number of hydrogen-bond acceptors (Lipinski definition) is 3. The molecule has 0 radical (unpaired) electrons. The van der Waals surface area contributed by atoms with Gasteiger partial charge in [-0.3, -0.25) is 4.68 Å². The summed E-state index contributed by atoms with van der Waals surface area (Å²) in [5.41, 5.74) is 1.18. The van der Waals surface area contributed by atoms with E-state index in [-0.39, 0.29) is 11.2 Å². The Balaban J connectivity index is 2.14. The Morgan fingerprint density at radius 3 is 2.35 bits per heavy atom. The SMILES string of the molecule is Cn1ncc2cc(Cl)cc(B3OC(C)(C)C(C)(C)O3)c21. The number of benzene rings is 1. The minimum Gasteiger partial charge on any atom is -0.399 e. The average Bonchev–Trinajstić information content (AvgIpc) is 2.77. The van der Waals surface area contributed by atoms with Gasteiger partial charge in [0.25, 0.3) is 0 Å². The molecule has 4 nitrogen and oxygen atoms in total. The van der Waals surface area contributed by atoms with Crippen molar-refractivity contribution in [2.75, 3.05) is 0 Å². The van der Waals surface area contributed by atoms with E-state index < -0.39 is 7.12 Å². The molecule has 20 heavy (non-hydrogen) atoms. The van der Waals surface area contributed by atoms with E-state index in [1.807, 2.05) is 51.6 Å². The van der Waals surface area contributed by atoms with Gasteiger partial charge in [-0.15, -0.1) is 0 Å². The highest BCUT2D eigenvalue weighted by molar-refractivity contribution is 6.65. The molecule has 1 aliphatic rings. The van der Waals surface area contributed by atoms with E-state index in [2.05, 4.69) is 5.10 Å². The Kier molecular flexibility index (Phi) is 2.94. The predicted molar refractivity (Wildman–Crippen MR) is 81.4 cm³/mol. The van der Waals surface area contributed by atoms with Crippen molar-refractivity contribution >= 4 is 35.1 Å². The molecular weight excluding hydrogens is 274 g/mol. The summed E-state index contributed by atoms with van der Waals surface area (Å²) in [7, 11) is 1.47. The lowest BCUT2D eigenvalue weighted by Crippen LogP contribution is -2.41. The molecule has 1 saturated heterocycles. The second-order valence-electron chi connectivity index (χ2n) is 6.29. The minimum absolute atomic E-state index is 0.370. The number of aromatic nitrogens is 2. The largest absolute Gasteiger partial charge is 0.497 e. The minimum atomic E-state index is -0.434. The van der Waals surface area contributed by atoms with Crippen molar-refractivity contribution in [3.05, 3.63) is 23.4 Å². The fraction of sp³-hybridized carbons (Fsp3) is 0.500. The van der Waals surface area contributed by atoms with Gasteiger partial charge in [-0.05, 0) is 39.8 Å². The van der Waals surface area contributed by atoms with Crippen LogP contribution >= 0.6 is 11.6 Å². The van der Waals surface area contributed by atoms with Crippen LogP contribution in [0.15, 0.2) is 18.3 Å². The lowest BCUT2D eigenvalue weighted by Gasteiger charge is -2.32. The van der Waals surface area contributed by atoms with Gasteiger partial charge in [0.15, 0.2) is 0 Å². The van der Waals surface area contributed by atoms with Gasteiger partial charge in [0, 0.05) is 22.9 Å². The Morgan fingerprint density at radius 1 is 1.15 bits per heavy atom. The molecule has 6 heteroatoms. The maximum atomic E-state index is 6.21. The highest BCUT2D eigenvalue weighted by Gasteiger charge is 2.52. The van der Waals surface area contributed by atoms with Crippen LogP contribution in [0.2, 0.25) is 5.02 Å². The predicted octanol–water partition coefficient (Wildman–Crippen LogP) is 2.53. The summed E-state index contributed by atoms with van der Waals surface area (Å²) in [4.78, 5) is 0. The van der Waals surface area contributed by atoms with Gasteiger partial charge in [0.2, 0.25) is 0 Å². The van der Waals surface area contributed by atoms with Gasteiger partial charge < -0.3 is 9.31 Å². The lowest BCUT2D eigenvalue weighted by atomic mass is 9.78. The molecule has 0 bridgehead atoms. The Bertz CT molecular complexity index is 665. The molecule has 0 spiro atoms. The third-order valence-electron chi connectivity index (χ3n) is 4.33. The first kappa shape index (κ1) is 13.9. The number of aryl methyl sites for hydroxylation is 1. The summed E-state index contributed by atoms with van der Waals surface area (Å²) in [6.45, 7) is 8.16. The van der Waals surface area contributed by atoms with E-state index in [4.69, 9.17) is 20.9 Å². The Hall–Kier alpha value is -1.04. The fourth-order valence-corrected chi connectivity index (χ4v) is 2.71. The first-order valence-corrected chi connectivity index (χ1v) is 7.06. The molecule has 1 aromatic carbocycles. The summed E-state index contributed by atoms with van der Waals surface area (Å²) >= 11 is 6.21. The molecule has 2 heterocycles. The summed E-state index contributed by atoms with van der Waals surface area (Å²) in [6.07, 6.45) is 1.80. The number of nitrogens with zero attached hydrogens (tertiary/aromatic N) is 2. The van der Waals surface area contributed by atoms with E-state index in [1.165, 1.54) is 0 Å². The molecule has 0 saturated carbocycles. The first-order chi connectivity index (χ1) is 9.21. The standard InChI is InChI=1S/C14H18BClN2O2/c1-13(2)14(3,4)20-15(19-13)11-7-10(16)6-9-8-17-18(5)12(9)11/h6-8H,1-5H3. The maximum absolute atomic E-state index is 6.21. The van der Waals surface area contributed by atoms with Crippen LogP contribution in [-0.2, 0) is 16.4 Å². The second kappa shape index (κ2) is 4.23. The average molecular weight is 293 g/mol. The molecule has 0 amide bonds. The number of halogens is 1. The highest BCUT2D eigenvalue weighted by atomic mass is 35.5. The Labute approximate surface area is 124 Å². The third kappa shape index (κ3) is 1.96. The molecule has 0 atom stereocenters. The van der Waals surface area contributed by atoms with Crippen LogP contribution in [-0.4, -0.2) is 28.1 Å². The second-order valence-corrected chi connectivity index (χ2v) is 6.73. The van der Waals surface area contributed by atoms with Gasteiger partial charge in [0.1, 0.15) is 0 Å². The highest BCUT2D eigenvalue weighted by Crippen LogP contribution is 2.37. The summed E-state index contributed by atoms with van der Waals surface area (Å²) in [6, 6.07) is 3.80. The Morgan fingerprint density at radius 2 is 1.75 bits per heavy atom. The number of hydrogen-bond donors (Lipinski definition) is 0. The zero-order valence-electron chi connectivity index (χ0n) is 12.4. The first-order valence-electron chi connectivity index (χ1n) is 6.68. The molecule has 1 aromatic heterocycles. The van der Waals surface area contributed by atoms with Crippen LogP contribution in [0.25, 0.3) is 10.9 Å². The number of fused-ring (bicyclic) bond motifs is 1. The van der Waals surface area contributed by atoms with Crippen LogP contribution < -0.4 is 5.46 Å². The third-order valence-corrected chi connectivity index (χ3v) is 4.55. The van der Waals surface area contributed by atoms with Gasteiger partial charge >= 0.3 is 7.12 Å². The quantitative estimate of drug-likeness (QED) is 0.758. The molecule has 3 rings (SSSR count). The molecular formula is C14H18BClN2O2. The molecule has 106 valence electrons. The smallest absolute Gasteiger partial charge is 0.399 e. The fourth-order valence-electron chi connectivity index (χ4n) is 2.47. The van der Waals surface area contributed by atoms with Crippen LogP contribution in [0.5, 0.6) is 0 Å². The van der Waals surface area contributed by atoms with Crippen LogP contribution in [0.1, 0.15) is 27.7 Å². The van der Waals surface area contributed by atoms with Crippen molar-refractivity contribution < 1.29 is 9.31 Å². The monoisotopic (exact) mass is 292 g/mol. The molecule has 0 N–H and O–H groups in total. The van der Waals surface area contributed by atoms with Crippen molar-refractivity contribution in [2.24, 2.45) is 7.05 Å². The van der Waals surface area contributed by atoms with Gasteiger partial charge in [-0.2, -0.15) is 5.10 Å². The molecule has 1 aliphatic heterocycles. The van der Waals surface area contributed by atoms with Gasteiger partial charge in [-0.1, -0.05) is 11.6 Å². The van der Waals surface area contributed by atoms with Crippen LogP contribution in [0, 0.1) is 0 Å². The van der Waals surface area contributed by atoms with Gasteiger partial charge in [0.05, 0.1) is 22.9 Å². The van der Waals surface area contributed by atoms with Crippen molar-refractivity contribution in [3.8, 4) is 0 Å². The molecule has 0 unspecified atom stereocenters. The zero-order chi connectivity index (χ0) is 14.7. The molecule has 2 aromatic rings. The normalized spacial score (nSPS) is 20.8. The van der Waals surface area contributed by atoms with E-state index in [1.54, 1.807) is 6.20 Å². The van der Waals surface area contributed by atoms with Crippen LogP contribution in [0.3, 0.4) is 0 Å². The maximum Gasteiger partial charge on any atom is 0.497 e. The summed E-state index contributed by atoms with van der Waals surface area (Å²) in [5.74, 6) is 0. The zero-order valence-corrected chi connectivity index (χ0v) is 13.2. The number of rotatable bonds is 1. The van der Waals surface area contributed by atoms with Crippen molar-refractivity contribution in [3.63, 3.8) is 0 Å². The van der Waals surface area contributed by atoms with Gasteiger partial charge in [-0.25, -0.2) is 0 Å². The van der Waals surface area contributed by atoms with Crippen molar-refractivity contribution in [1.29, 1.82) is 0 Å². The van der Waals surface area contributed by atoms with E-state index in [9.17, 15) is 0 Å². The van der Waals surface area contributed by atoms with Crippen molar-refractivity contribution in [2.45, 2.75) is 38.9 Å². The topological polar surface area (TPSA) is 36.3 Å². The van der Waals surface area contributed by atoms with E-state index in [0.29, 0.717) is 5.02 Å². The van der Waals surface area contributed by atoms with E-state index >= 15 is 0 Å². The van der Waals surface area contributed by atoms with Crippen LogP contribution in [0.4, 0.5) is 0 Å². The summed E-state index contributed by atoms with van der Waals surface area (Å²) in [5, 5.41) is 5.94. The lowest BCUT2D eigenvalue weighted by molar-refractivity contribution is 0.00578. The van der Waals surface area contributed by atoms with E-state index in [0.717, 1.165) is 16.4 Å². The molecule has 1 fully saturated rings. The molecule has 0 aliphatic carbocycles. The summed E-state index contributed by atoms with van der Waals surface area (Å²) < 4.78 is 14.1. The van der Waals surface area contributed by atoms with Crippen molar-refractivity contribution in [1.82, 2.24) is 9.78 Å².